The van der Waals surface area contributed by atoms with Crippen LogP contribution in [0.4, 0.5) is 11.4 Å². The lowest BCUT2D eigenvalue weighted by molar-refractivity contribution is 1.73. The van der Waals surface area contributed by atoms with Crippen molar-refractivity contribution in [3.05, 3.63) is 46.4 Å². The molecule has 2 nitrogen and oxygen atoms in total. The number of nitrogen functional groups attached to an aromatic ring is 2. The number of nitrogens with two attached hydrogens (primary N) is 2. The summed E-state index contributed by atoms with van der Waals surface area (Å²) in [6.45, 7) is 0. The predicted octanol–water partition coefficient (Wildman–Crippen LogP) is 4.46. The topological polar surface area (TPSA) is 52.0 Å². The van der Waals surface area contributed by atoms with Gasteiger partial charge in [-0.2, -0.15) is 0 Å². The van der Waals surface area contributed by atoms with E-state index in [1.54, 1.807) is 12.1 Å². The standard InChI is InChI=1S/C14H10Cl2N2/c15-7-1-3-9-11(5-7)12-6-8(16)2-4-10(12)14(18)13(9)17/h1-6H,17-18H2. The van der Waals surface area contributed by atoms with Gasteiger partial charge in [-0.25, -0.2) is 0 Å². The van der Waals surface area contributed by atoms with E-state index in [1.165, 1.54) is 0 Å². The minimum absolute atomic E-state index is 0.580. The van der Waals surface area contributed by atoms with Gasteiger partial charge in [-0.1, -0.05) is 35.3 Å². The molecule has 0 unspecified atom stereocenters. The normalized spacial score (nSPS) is 11.2. The van der Waals surface area contributed by atoms with Gasteiger partial charge in [0, 0.05) is 20.8 Å². The van der Waals surface area contributed by atoms with Gasteiger partial charge in [-0.05, 0) is 35.0 Å². The van der Waals surface area contributed by atoms with E-state index < -0.39 is 0 Å². The Hall–Kier alpha value is -1.64. The second-order valence-corrected chi connectivity index (χ2v) is 5.08. The molecule has 3 aromatic rings. The van der Waals surface area contributed by atoms with Crippen LogP contribution in [0.3, 0.4) is 0 Å². The van der Waals surface area contributed by atoms with Gasteiger partial charge in [0.05, 0.1) is 11.4 Å². The number of rotatable bonds is 0. The van der Waals surface area contributed by atoms with Crippen LogP contribution >= 0.6 is 23.2 Å². The molecule has 0 aliphatic heterocycles. The Kier molecular flexibility index (Phi) is 2.51. The molecule has 0 fully saturated rings. The number of hydrogen-bond acceptors (Lipinski definition) is 2. The molecule has 4 N–H and O–H groups in total. The highest BCUT2D eigenvalue weighted by molar-refractivity contribution is 6.34. The molecule has 0 aliphatic carbocycles. The van der Waals surface area contributed by atoms with Crippen LogP contribution in [0.15, 0.2) is 36.4 Å². The maximum Gasteiger partial charge on any atom is 0.0634 e. The van der Waals surface area contributed by atoms with Gasteiger partial charge in [0.1, 0.15) is 0 Å². The van der Waals surface area contributed by atoms with Gasteiger partial charge >= 0.3 is 0 Å². The van der Waals surface area contributed by atoms with Gasteiger partial charge in [0.15, 0.2) is 0 Å². The molecule has 90 valence electrons. The molecule has 4 heteroatoms. The Balaban J connectivity index is 2.64. The van der Waals surface area contributed by atoms with Crippen molar-refractivity contribution < 1.29 is 0 Å². The summed E-state index contributed by atoms with van der Waals surface area (Å²) >= 11 is 12.1. The van der Waals surface area contributed by atoms with E-state index in [2.05, 4.69) is 0 Å². The first kappa shape index (κ1) is 11.5. The molecule has 0 saturated heterocycles. The molecule has 0 bridgehead atoms. The lowest BCUT2D eigenvalue weighted by Crippen LogP contribution is -1.97. The zero-order valence-corrected chi connectivity index (χ0v) is 10.9. The van der Waals surface area contributed by atoms with E-state index >= 15 is 0 Å². The first-order chi connectivity index (χ1) is 8.58. The van der Waals surface area contributed by atoms with Gasteiger partial charge in [-0.3, -0.25) is 0 Å². The van der Waals surface area contributed by atoms with Crippen LogP contribution in [0.5, 0.6) is 0 Å². The van der Waals surface area contributed by atoms with Crippen LogP contribution in [0.2, 0.25) is 10.0 Å². The van der Waals surface area contributed by atoms with Crippen molar-refractivity contribution in [3.8, 4) is 0 Å². The van der Waals surface area contributed by atoms with Crippen molar-refractivity contribution in [1.29, 1.82) is 0 Å². The summed E-state index contributed by atoms with van der Waals surface area (Å²) in [5.41, 5.74) is 13.3. The molecular weight excluding hydrogens is 267 g/mol. The Morgan fingerprint density at radius 1 is 0.611 bits per heavy atom. The van der Waals surface area contributed by atoms with Gasteiger partial charge < -0.3 is 11.5 Å². The SMILES string of the molecule is Nc1c(N)c2ccc(Cl)cc2c2cc(Cl)ccc12. The fourth-order valence-electron chi connectivity index (χ4n) is 2.24. The number of anilines is 2. The van der Waals surface area contributed by atoms with Crippen LogP contribution in [-0.4, -0.2) is 0 Å². The Labute approximate surface area is 114 Å². The minimum Gasteiger partial charge on any atom is -0.397 e. The van der Waals surface area contributed by atoms with E-state index in [-0.39, 0.29) is 0 Å². The molecule has 0 saturated carbocycles. The molecule has 0 atom stereocenters. The zero-order valence-electron chi connectivity index (χ0n) is 9.37. The third-order valence-corrected chi connectivity index (χ3v) is 3.59. The molecule has 0 aliphatic rings. The fraction of sp³-hybridized carbons (Fsp3) is 0. The third kappa shape index (κ3) is 1.57. The first-order valence-corrected chi connectivity index (χ1v) is 6.19. The summed E-state index contributed by atoms with van der Waals surface area (Å²) in [5, 5.41) is 5.04. The van der Waals surface area contributed by atoms with Crippen molar-refractivity contribution in [2.24, 2.45) is 0 Å². The van der Waals surface area contributed by atoms with Crippen LogP contribution in [0.25, 0.3) is 21.5 Å². The minimum atomic E-state index is 0.580. The first-order valence-electron chi connectivity index (χ1n) is 5.43. The van der Waals surface area contributed by atoms with Crippen LogP contribution in [-0.2, 0) is 0 Å². The van der Waals surface area contributed by atoms with Crippen molar-refractivity contribution in [3.63, 3.8) is 0 Å². The Morgan fingerprint density at radius 2 is 1.00 bits per heavy atom. The Morgan fingerprint density at radius 3 is 1.39 bits per heavy atom. The van der Waals surface area contributed by atoms with E-state index in [4.69, 9.17) is 34.7 Å². The molecule has 0 amide bonds. The maximum atomic E-state index is 6.07. The summed E-state index contributed by atoms with van der Waals surface area (Å²) in [6.07, 6.45) is 0. The summed E-state index contributed by atoms with van der Waals surface area (Å²) < 4.78 is 0. The van der Waals surface area contributed by atoms with E-state index in [9.17, 15) is 0 Å². The van der Waals surface area contributed by atoms with Crippen LogP contribution < -0.4 is 11.5 Å². The summed E-state index contributed by atoms with van der Waals surface area (Å²) in [5.74, 6) is 0. The van der Waals surface area contributed by atoms with E-state index in [0.29, 0.717) is 21.4 Å². The number of benzene rings is 3. The molecule has 0 spiro atoms. The Bertz CT molecular complexity index is 715. The summed E-state index contributed by atoms with van der Waals surface area (Å²) in [6, 6.07) is 11.1. The monoisotopic (exact) mass is 276 g/mol. The molecular formula is C14H10Cl2N2. The van der Waals surface area contributed by atoms with Gasteiger partial charge in [0.25, 0.3) is 0 Å². The number of halogens is 2. The van der Waals surface area contributed by atoms with Crippen molar-refractivity contribution in [2.45, 2.75) is 0 Å². The third-order valence-electron chi connectivity index (χ3n) is 3.12. The zero-order chi connectivity index (χ0) is 12.9. The highest BCUT2D eigenvalue weighted by Gasteiger charge is 2.10. The second kappa shape index (κ2) is 3.94. The smallest absolute Gasteiger partial charge is 0.0634 e. The predicted molar refractivity (Wildman–Crippen MR) is 80.3 cm³/mol. The second-order valence-electron chi connectivity index (χ2n) is 4.21. The molecule has 3 rings (SSSR count). The maximum absolute atomic E-state index is 6.07. The lowest BCUT2D eigenvalue weighted by Gasteiger charge is -2.12. The molecule has 0 radical (unpaired) electrons. The van der Waals surface area contributed by atoms with Gasteiger partial charge in [-0.15, -0.1) is 0 Å². The van der Waals surface area contributed by atoms with Crippen LogP contribution in [0, 0.1) is 0 Å². The number of fused-ring (bicyclic) bond motifs is 3. The molecule has 3 aromatic carbocycles. The molecule has 0 heterocycles. The van der Waals surface area contributed by atoms with Crippen molar-refractivity contribution >= 4 is 56.1 Å². The van der Waals surface area contributed by atoms with Crippen molar-refractivity contribution in [1.82, 2.24) is 0 Å². The summed E-state index contributed by atoms with van der Waals surface area (Å²) in [7, 11) is 0. The average Bonchev–Trinajstić information content (AvgIpc) is 2.36. The average molecular weight is 277 g/mol. The summed E-state index contributed by atoms with van der Waals surface area (Å²) in [4.78, 5) is 0. The van der Waals surface area contributed by atoms with Crippen LogP contribution in [0.1, 0.15) is 0 Å². The van der Waals surface area contributed by atoms with Gasteiger partial charge in [0.2, 0.25) is 0 Å². The highest BCUT2D eigenvalue weighted by Crippen LogP contribution is 2.38. The van der Waals surface area contributed by atoms with Crippen molar-refractivity contribution in [2.75, 3.05) is 11.5 Å². The fourth-order valence-corrected chi connectivity index (χ4v) is 2.58. The highest BCUT2D eigenvalue weighted by atomic mass is 35.5. The molecule has 18 heavy (non-hydrogen) atoms. The van der Waals surface area contributed by atoms with E-state index in [0.717, 1.165) is 21.5 Å². The quantitative estimate of drug-likeness (QED) is 0.362. The number of hydrogen-bond donors (Lipinski definition) is 2. The lowest BCUT2D eigenvalue weighted by atomic mass is 9.98. The largest absolute Gasteiger partial charge is 0.397 e. The molecule has 0 aromatic heterocycles. The van der Waals surface area contributed by atoms with E-state index in [1.807, 2.05) is 24.3 Å².